The summed E-state index contributed by atoms with van der Waals surface area (Å²) < 4.78 is 1.02. The Morgan fingerprint density at radius 3 is 2.56 bits per heavy atom. The van der Waals surface area contributed by atoms with Gasteiger partial charge in [0, 0.05) is 54.8 Å². The van der Waals surface area contributed by atoms with Crippen LogP contribution in [-0.2, 0) is 11.3 Å². The number of halogens is 1. The second-order valence-electron chi connectivity index (χ2n) is 7.02. The number of benzene rings is 2. The molecule has 1 amide bonds. The molecule has 0 unspecified atom stereocenters. The molecule has 2 heterocycles. The summed E-state index contributed by atoms with van der Waals surface area (Å²) in [5.41, 5.74) is 4.96. The monoisotopic (exact) mass is 426 g/mol. The Labute approximate surface area is 168 Å². The highest BCUT2D eigenvalue weighted by Gasteiger charge is 2.21. The molecule has 0 atom stereocenters. The van der Waals surface area contributed by atoms with Crippen molar-refractivity contribution in [2.24, 2.45) is 0 Å². The van der Waals surface area contributed by atoms with Crippen molar-refractivity contribution in [3.63, 3.8) is 0 Å². The second kappa shape index (κ2) is 7.74. The molecule has 6 heteroatoms. The number of hydrogen-bond donors (Lipinski definition) is 2. The number of fused-ring (bicyclic) bond motifs is 1. The summed E-state index contributed by atoms with van der Waals surface area (Å²) >= 11 is 3.49. The van der Waals surface area contributed by atoms with Gasteiger partial charge in [0.25, 0.3) is 5.91 Å². The van der Waals surface area contributed by atoms with Gasteiger partial charge >= 0.3 is 0 Å². The van der Waals surface area contributed by atoms with E-state index < -0.39 is 0 Å². The molecule has 0 aliphatic carbocycles. The van der Waals surface area contributed by atoms with E-state index in [9.17, 15) is 4.79 Å². The van der Waals surface area contributed by atoms with Gasteiger partial charge in [-0.05, 0) is 54.6 Å². The highest BCUT2D eigenvalue weighted by Crippen LogP contribution is 2.27. The predicted octanol–water partition coefficient (Wildman–Crippen LogP) is 3.28. The van der Waals surface area contributed by atoms with Gasteiger partial charge in [-0.25, -0.2) is 0 Å². The summed E-state index contributed by atoms with van der Waals surface area (Å²) in [7, 11) is 2.16. The topological polar surface area (TPSA) is 47.6 Å². The largest absolute Gasteiger partial charge is 0.369 e. The number of carbonyl (C=O) groups excluding carboxylic acids is 1. The van der Waals surface area contributed by atoms with Crippen LogP contribution in [0.4, 0.5) is 11.4 Å². The van der Waals surface area contributed by atoms with E-state index in [1.807, 2.05) is 18.2 Å². The third-order valence-electron chi connectivity index (χ3n) is 5.16. The van der Waals surface area contributed by atoms with Crippen molar-refractivity contribution in [3.05, 3.63) is 64.3 Å². The Kier molecular flexibility index (Phi) is 5.18. The molecule has 2 aliphatic heterocycles. The third-order valence-corrected chi connectivity index (χ3v) is 5.65. The van der Waals surface area contributed by atoms with E-state index in [0.717, 1.165) is 47.5 Å². The summed E-state index contributed by atoms with van der Waals surface area (Å²) in [6.07, 6.45) is 1.80. The number of piperazine rings is 1. The number of amides is 1. The van der Waals surface area contributed by atoms with Crippen molar-refractivity contribution >= 4 is 38.8 Å². The number of carbonyl (C=O) groups is 1. The number of hydrogen-bond acceptors (Lipinski definition) is 4. The van der Waals surface area contributed by atoms with Gasteiger partial charge in [-0.1, -0.05) is 22.0 Å². The SMILES string of the molecule is CN1CCN(c2ccc(N/C=C3\C(=O)NCc4cc(Br)ccc43)cc2)CC1. The molecule has 0 aromatic heterocycles. The van der Waals surface area contributed by atoms with E-state index in [0.29, 0.717) is 12.1 Å². The van der Waals surface area contributed by atoms with Gasteiger partial charge in [-0.2, -0.15) is 0 Å². The maximum Gasteiger partial charge on any atom is 0.253 e. The lowest BCUT2D eigenvalue weighted by Crippen LogP contribution is -2.44. The summed E-state index contributed by atoms with van der Waals surface area (Å²) in [6, 6.07) is 14.4. The zero-order chi connectivity index (χ0) is 18.8. The Balaban J connectivity index is 1.49. The molecule has 2 aliphatic rings. The highest BCUT2D eigenvalue weighted by molar-refractivity contribution is 9.10. The Morgan fingerprint density at radius 2 is 1.81 bits per heavy atom. The molecule has 1 fully saturated rings. The van der Waals surface area contributed by atoms with E-state index in [1.165, 1.54) is 5.69 Å². The minimum absolute atomic E-state index is 0.0496. The van der Waals surface area contributed by atoms with Crippen LogP contribution < -0.4 is 15.5 Å². The first-order valence-electron chi connectivity index (χ1n) is 9.17. The number of rotatable bonds is 3. The molecule has 27 heavy (non-hydrogen) atoms. The average molecular weight is 427 g/mol. The number of likely N-dealkylation sites (N-methyl/N-ethyl adjacent to an activating group) is 1. The summed E-state index contributed by atoms with van der Waals surface area (Å²) in [5.74, 6) is -0.0496. The Bertz CT molecular complexity index is 870. The van der Waals surface area contributed by atoms with Gasteiger partial charge in [0.1, 0.15) is 0 Å². The number of nitrogens with one attached hydrogen (secondary N) is 2. The predicted molar refractivity (Wildman–Crippen MR) is 114 cm³/mol. The molecule has 2 aromatic carbocycles. The maximum absolute atomic E-state index is 12.3. The van der Waals surface area contributed by atoms with Crippen LogP contribution in [0.5, 0.6) is 0 Å². The van der Waals surface area contributed by atoms with Crippen molar-refractivity contribution in [1.82, 2.24) is 10.2 Å². The third kappa shape index (κ3) is 4.01. The first-order valence-corrected chi connectivity index (χ1v) is 9.97. The molecule has 140 valence electrons. The molecule has 0 saturated carbocycles. The van der Waals surface area contributed by atoms with Crippen molar-refractivity contribution < 1.29 is 4.79 Å². The first-order chi connectivity index (χ1) is 13.1. The van der Waals surface area contributed by atoms with Crippen molar-refractivity contribution in [2.75, 3.05) is 43.4 Å². The van der Waals surface area contributed by atoms with Crippen LogP contribution in [0.15, 0.2) is 53.1 Å². The average Bonchev–Trinajstić information content (AvgIpc) is 2.68. The Morgan fingerprint density at radius 1 is 1.07 bits per heavy atom. The summed E-state index contributed by atoms with van der Waals surface area (Å²) in [5, 5.41) is 6.20. The molecular formula is C21H23BrN4O. The van der Waals surface area contributed by atoms with Gasteiger partial charge in [0.2, 0.25) is 0 Å². The zero-order valence-corrected chi connectivity index (χ0v) is 16.9. The van der Waals surface area contributed by atoms with Crippen molar-refractivity contribution in [3.8, 4) is 0 Å². The summed E-state index contributed by atoms with van der Waals surface area (Å²) in [6.45, 7) is 4.86. The van der Waals surface area contributed by atoms with E-state index >= 15 is 0 Å². The van der Waals surface area contributed by atoms with Crippen LogP contribution in [0.1, 0.15) is 11.1 Å². The second-order valence-corrected chi connectivity index (χ2v) is 7.94. The van der Waals surface area contributed by atoms with E-state index in [2.05, 4.69) is 67.7 Å². The molecule has 5 nitrogen and oxygen atoms in total. The quantitative estimate of drug-likeness (QED) is 0.739. The van der Waals surface area contributed by atoms with E-state index in [-0.39, 0.29) is 5.91 Å². The van der Waals surface area contributed by atoms with Gasteiger partial charge in [0.05, 0.1) is 5.57 Å². The fourth-order valence-corrected chi connectivity index (χ4v) is 3.90. The standard InChI is InChI=1S/C21H23BrN4O/c1-25-8-10-26(11-9-25)18-5-3-17(4-6-18)23-14-20-19-7-2-16(22)12-15(19)13-24-21(20)27/h2-7,12,14,23H,8-11,13H2,1H3,(H,24,27)/b20-14-. The molecule has 2 aromatic rings. The molecule has 0 spiro atoms. The van der Waals surface area contributed by atoms with Gasteiger partial charge < -0.3 is 20.4 Å². The van der Waals surface area contributed by atoms with Gasteiger partial charge in [-0.15, -0.1) is 0 Å². The molecular weight excluding hydrogens is 404 g/mol. The normalized spacial score (nSPS) is 19.0. The lowest BCUT2D eigenvalue weighted by molar-refractivity contribution is -0.116. The van der Waals surface area contributed by atoms with Crippen molar-refractivity contribution in [1.29, 1.82) is 0 Å². The van der Waals surface area contributed by atoms with Crippen molar-refractivity contribution in [2.45, 2.75) is 6.54 Å². The minimum Gasteiger partial charge on any atom is -0.369 e. The lowest BCUT2D eigenvalue weighted by Gasteiger charge is -2.34. The van der Waals surface area contributed by atoms with E-state index in [4.69, 9.17) is 0 Å². The lowest BCUT2D eigenvalue weighted by atomic mass is 9.96. The Hall–Kier alpha value is -2.31. The molecule has 1 saturated heterocycles. The minimum atomic E-state index is -0.0496. The summed E-state index contributed by atoms with van der Waals surface area (Å²) in [4.78, 5) is 17.1. The molecule has 0 bridgehead atoms. The fourth-order valence-electron chi connectivity index (χ4n) is 3.50. The molecule has 4 rings (SSSR count). The van der Waals surface area contributed by atoms with Crippen LogP contribution in [0.2, 0.25) is 0 Å². The zero-order valence-electron chi connectivity index (χ0n) is 15.3. The smallest absolute Gasteiger partial charge is 0.253 e. The number of nitrogens with zero attached hydrogens (tertiary/aromatic N) is 2. The van der Waals surface area contributed by atoms with E-state index in [1.54, 1.807) is 6.20 Å². The van der Waals surface area contributed by atoms with Crippen LogP contribution in [-0.4, -0.2) is 44.0 Å². The highest BCUT2D eigenvalue weighted by atomic mass is 79.9. The van der Waals surface area contributed by atoms with Gasteiger partial charge in [-0.3, -0.25) is 4.79 Å². The molecule has 2 N–H and O–H groups in total. The van der Waals surface area contributed by atoms with Crippen LogP contribution >= 0.6 is 15.9 Å². The fraction of sp³-hybridized carbons (Fsp3) is 0.286. The maximum atomic E-state index is 12.3. The van der Waals surface area contributed by atoms with Gasteiger partial charge in [0.15, 0.2) is 0 Å². The first kappa shape index (κ1) is 18.1. The molecule has 0 radical (unpaired) electrons. The van der Waals surface area contributed by atoms with Crippen LogP contribution in [0.3, 0.4) is 0 Å². The number of anilines is 2. The van der Waals surface area contributed by atoms with Crippen LogP contribution in [0, 0.1) is 0 Å². The van der Waals surface area contributed by atoms with Crippen LogP contribution in [0.25, 0.3) is 5.57 Å².